The van der Waals surface area contributed by atoms with E-state index >= 15 is 0 Å². The van der Waals surface area contributed by atoms with Crippen LogP contribution in [0.4, 0.5) is 0 Å². The molecular weight excluding hydrogens is 244 g/mol. The molecule has 1 rings (SSSR count). The summed E-state index contributed by atoms with van der Waals surface area (Å²) in [5.74, 6) is 1.67. The lowest BCUT2D eigenvalue weighted by Gasteiger charge is -2.41. The first-order chi connectivity index (χ1) is 9.29. The van der Waals surface area contributed by atoms with Gasteiger partial charge in [-0.15, -0.1) is 0 Å². The molecule has 2 nitrogen and oxygen atoms in total. The lowest BCUT2D eigenvalue weighted by molar-refractivity contribution is 0.134. The zero-order valence-corrected chi connectivity index (χ0v) is 15.0. The van der Waals surface area contributed by atoms with Crippen LogP contribution in [0.1, 0.15) is 66.7 Å². The maximum absolute atomic E-state index is 3.90. The largest absolute Gasteiger partial charge is 0.312 e. The van der Waals surface area contributed by atoms with Gasteiger partial charge in [0.1, 0.15) is 0 Å². The standard InChI is InChI=1S/C18H38N2/c1-8-15(9-2)17(20(6)7)13-19-16-10-14(3)11-18(4,5)12-16/h14-17,19H,8-13H2,1-7H3. The highest BCUT2D eigenvalue weighted by Crippen LogP contribution is 2.38. The van der Waals surface area contributed by atoms with E-state index in [-0.39, 0.29) is 0 Å². The maximum atomic E-state index is 3.90. The molecule has 120 valence electrons. The summed E-state index contributed by atoms with van der Waals surface area (Å²) in [7, 11) is 4.47. The van der Waals surface area contributed by atoms with Gasteiger partial charge in [0.25, 0.3) is 0 Å². The molecule has 1 aliphatic rings. The summed E-state index contributed by atoms with van der Waals surface area (Å²) in [5, 5.41) is 3.90. The minimum Gasteiger partial charge on any atom is -0.312 e. The second kappa shape index (κ2) is 7.79. The topological polar surface area (TPSA) is 15.3 Å². The molecule has 1 fully saturated rings. The average Bonchev–Trinajstić information content (AvgIpc) is 2.31. The van der Waals surface area contributed by atoms with E-state index in [4.69, 9.17) is 0 Å². The lowest BCUT2D eigenvalue weighted by Crippen LogP contribution is -2.48. The van der Waals surface area contributed by atoms with Gasteiger partial charge in [0.05, 0.1) is 0 Å². The van der Waals surface area contributed by atoms with Crippen molar-refractivity contribution >= 4 is 0 Å². The van der Waals surface area contributed by atoms with E-state index in [2.05, 4.69) is 58.9 Å². The quantitative estimate of drug-likeness (QED) is 0.754. The Balaban J connectivity index is 2.54. The van der Waals surface area contributed by atoms with Gasteiger partial charge in [-0.05, 0) is 50.6 Å². The molecule has 0 saturated heterocycles. The third-order valence-electron chi connectivity index (χ3n) is 5.26. The summed E-state index contributed by atoms with van der Waals surface area (Å²) in [4.78, 5) is 2.42. The fourth-order valence-corrected chi connectivity index (χ4v) is 4.39. The molecular formula is C18H38N2. The highest BCUT2D eigenvalue weighted by molar-refractivity contribution is 4.88. The summed E-state index contributed by atoms with van der Waals surface area (Å²) >= 11 is 0. The van der Waals surface area contributed by atoms with Crippen molar-refractivity contribution in [3.63, 3.8) is 0 Å². The van der Waals surface area contributed by atoms with Crippen LogP contribution in [0.2, 0.25) is 0 Å². The molecule has 20 heavy (non-hydrogen) atoms. The summed E-state index contributed by atoms with van der Waals surface area (Å²) in [6.45, 7) is 13.1. The minimum atomic E-state index is 0.512. The smallest absolute Gasteiger partial charge is 0.0242 e. The van der Waals surface area contributed by atoms with Crippen LogP contribution in [0.15, 0.2) is 0 Å². The fourth-order valence-electron chi connectivity index (χ4n) is 4.39. The van der Waals surface area contributed by atoms with Gasteiger partial charge in [-0.2, -0.15) is 0 Å². The van der Waals surface area contributed by atoms with Crippen molar-refractivity contribution in [1.29, 1.82) is 0 Å². The van der Waals surface area contributed by atoms with Crippen molar-refractivity contribution in [2.75, 3.05) is 20.6 Å². The molecule has 0 bridgehead atoms. The third-order valence-corrected chi connectivity index (χ3v) is 5.26. The number of nitrogens with one attached hydrogen (secondary N) is 1. The molecule has 0 amide bonds. The summed E-state index contributed by atoms with van der Waals surface area (Å²) in [6.07, 6.45) is 6.64. The van der Waals surface area contributed by atoms with Crippen LogP contribution in [0.3, 0.4) is 0 Å². The molecule has 1 saturated carbocycles. The van der Waals surface area contributed by atoms with Crippen LogP contribution < -0.4 is 5.32 Å². The molecule has 0 aromatic rings. The van der Waals surface area contributed by atoms with Crippen molar-refractivity contribution in [3.05, 3.63) is 0 Å². The van der Waals surface area contributed by atoms with Gasteiger partial charge in [-0.1, -0.05) is 47.5 Å². The molecule has 0 radical (unpaired) electrons. The first-order valence-corrected chi connectivity index (χ1v) is 8.68. The first-order valence-electron chi connectivity index (χ1n) is 8.68. The SMILES string of the molecule is CCC(CC)C(CNC1CC(C)CC(C)(C)C1)N(C)C. The van der Waals surface area contributed by atoms with Crippen LogP contribution in [0.25, 0.3) is 0 Å². The molecule has 0 heterocycles. The Morgan fingerprint density at radius 1 is 1.15 bits per heavy atom. The van der Waals surface area contributed by atoms with Gasteiger partial charge in [0.2, 0.25) is 0 Å². The molecule has 0 aromatic heterocycles. The highest BCUT2D eigenvalue weighted by Gasteiger charge is 2.32. The lowest BCUT2D eigenvalue weighted by atomic mass is 9.70. The van der Waals surface area contributed by atoms with E-state index < -0.39 is 0 Å². The molecule has 0 spiro atoms. The Morgan fingerprint density at radius 2 is 1.75 bits per heavy atom. The van der Waals surface area contributed by atoms with Gasteiger partial charge >= 0.3 is 0 Å². The minimum absolute atomic E-state index is 0.512. The van der Waals surface area contributed by atoms with Crippen molar-refractivity contribution in [2.45, 2.75) is 78.8 Å². The Kier molecular flexibility index (Phi) is 7.00. The Hall–Kier alpha value is -0.0800. The van der Waals surface area contributed by atoms with Gasteiger partial charge in [-0.3, -0.25) is 0 Å². The monoisotopic (exact) mass is 282 g/mol. The zero-order chi connectivity index (χ0) is 15.3. The predicted molar refractivity (Wildman–Crippen MR) is 90.1 cm³/mol. The number of hydrogen-bond acceptors (Lipinski definition) is 2. The van der Waals surface area contributed by atoms with Gasteiger partial charge in [0, 0.05) is 18.6 Å². The maximum Gasteiger partial charge on any atom is 0.0242 e. The van der Waals surface area contributed by atoms with E-state index in [1.54, 1.807) is 0 Å². The first kappa shape index (κ1) is 18.0. The van der Waals surface area contributed by atoms with Crippen LogP contribution >= 0.6 is 0 Å². The van der Waals surface area contributed by atoms with Gasteiger partial charge < -0.3 is 10.2 Å². The summed E-state index contributed by atoms with van der Waals surface area (Å²) in [5.41, 5.74) is 0.512. The van der Waals surface area contributed by atoms with E-state index in [0.717, 1.165) is 18.4 Å². The van der Waals surface area contributed by atoms with Crippen LogP contribution in [0, 0.1) is 17.3 Å². The number of nitrogens with zero attached hydrogens (tertiary/aromatic N) is 1. The molecule has 0 aliphatic heterocycles. The van der Waals surface area contributed by atoms with Crippen LogP contribution in [-0.4, -0.2) is 37.6 Å². The van der Waals surface area contributed by atoms with Crippen molar-refractivity contribution in [1.82, 2.24) is 10.2 Å². The van der Waals surface area contributed by atoms with Crippen LogP contribution in [-0.2, 0) is 0 Å². The van der Waals surface area contributed by atoms with Crippen molar-refractivity contribution < 1.29 is 0 Å². The second-order valence-corrected chi connectivity index (χ2v) is 8.13. The van der Waals surface area contributed by atoms with Crippen molar-refractivity contribution in [3.8, 4) is 0 Å². The van der Waals surface area contributed by atoms with Gasteiger partial charge in [0.15, 0.2) is 0 Å². The molecule has 3 atom stereocenters. The molecule has 2 heteroatoms. The molecule has 1 N–H and O–H groups in total. The summed E-state index contributed by atoms with van der Waals surface area (Å²) < 4.78 is 0. The third kappa shape index (κ3) is 5.37. The normalized spacial score (nSPS) is 28.1. The van der Waals surface area contributed by atoms with Gasteiger partial charge in [-0.25, -0.2) is 0 Å². The Morgan fingerprint density at radius 3 is 2.20 bits per heavy atom. The Bertz CT molecular complexity index is 269. The van der Waals surface area contributed by atoms with E-state index in [1.165, 1.54) is 32.1 Å². The second-order valence-electron chi connectivity index (χ2n) is 8.13. The van der Waals surface area contributed by atoms with E-state index in [1.807, 2.05) is 0 Å². The van der Waals surface area contributed by atoms with E-state index in [9.17, 15) is 0 Å². The van der Waals surface area contributed by atoms with Crippen molar-refractivity contribution in [2.24, 2.45) is 17.3 Å². The number of likely N-dealkylation sites (N-methyl/N-ethyl adjacent to an activating group) is 1. The number of hydrogen-bond donors (Lipinski definition) is 1. The van der Waals surface area contributed by atoms with E-state index in [0.29, 0.717) is 17.5 Å². The molecule has 0 aromatic carbocycles. The predicted octanol–water partition coefficient (Wildman–Crippen LogP) is 4.16. The summed E-state index contributed by atoms with van der Waals surface area (Å²) in [6, 6.07) is 1.39. The van der Waals surface area contributed by atoms with Crippen LogP contribution in [0.5, 0.6) is 0 Å². The number of rotatable bonds is 7. The Labute approximate surface area is 127 Å². The average molecular weight is 283 g/mol. The molecule has 1 aliphatic carbocycles. The molecule has 3 unspecified atom stereocenters. The zero-order valence-electron chi connectivity index (χ0n) is 15.0. The highest BCUT2D eigenvalue weighted by atomic mass is 15.1. The fraction of sp³-hybridized carbons (Fsp3) is 1.00.